The van der Waals surface area contributed by atoms with Crippen molar-refractivity contribution in [1.82, 2.24) is 0 Å². The number of hydrogen-bond donors (Lipinski definition) is 0. The lowest BCUT2D eigenvalue weighted by Gasteiger charge is -2.21. The molecule has 0 spiro atoms. The fourth-order valence-electron chi connectivity index (χ4n) is 2.04. The molecule has 2 unspecified atom stereocenters. The molecule has 50 valence electrons. The van der Waals surface area contributed by atoms with Crippen molar-refractivity contribution in [3.8, 4) is 0 Å². The lowest BCUT2D eigenvalue weighted by atomic mass is 9.99. The van der Waals surface area contributed by atoms with Gasteiger partial charge in [0.1, 0.15) is 0 Å². The fourth-order valence-corrected chi connectivity index (χ4v) is 2.80. The summed E-state index contributed by atoms with van der Waals surface area (Å²) in [6.07, 6.45) is 7.51. The molecule has 1 heteroatoms. The van der Waals surface area contributed by atoms with Gasteiger partial charge in [-0.05, 0) is 31.6 Å². The van der Waals surface area contributed by atoms with Crippen LogP contribution in [0, 0.1) is 11.8 Å². The maximum Gasteiger partial charge on any atom is 0.0354 e. The molecule has 0 aromatic rings. The molecule has 1 saturated carbocycles. The van der Waals surface area contributed by atoms with Gasteiger partial charge in [-0.15, -0.1) is 0 Å². The molecule has 0 nitrogen and oxygen atoms in total. The quantitative estimate of drug-likeness (QED) is 0.404. The number of halogens is 1. The Hall–Kier alpha value is 0.220. The van der Waals surface area contributed by atoms with E-state index in [-0.39, 0.29) is 0 Å². The second kappa shape index (κ2) is 1.63. The third kappa shape index (κ3) is 0.644. The molecule has 2 aliphatic carbocycles. The number of allylic oxidation sites excluding steroid dienone is 2. The molecule has 0 aromatic carbocycles. The van der Waals surface area contributed by atoms with E-state index in [4.69, 9.17) is 0 Å². The maximum atomic E-state index is 3.77. The Bertz CT molecular complexity index is 142. The topological polar surface area (TPSA) is 0 Å². The van der Waals surface area contributed by atoms with Gasteiger partial charge in [-0.1, -0.05) is 28.1 Å². The molecular weight excluding hydrogens is 176 g/mol. The summed E-state index contributed by atoms with van der Waals surface area (Å²) >= 11 is 3.77. The van der Waals surface area contributed by atoms with Crippen molar-refractivity contribution in [2.24, 2.45) is 11.8 Å². The highest BCUT2D eigenvalue weighted by molar-refractivity contribution is 9.10. The van der Waals surface area contributed by atoms with Crippen LogP contribution in [0.25, 0.3) is 0 Å². The summed E-state index contributed by atoms with van der Waals surface area (Å²) in [5.74, 6) is 1.64. The van der Waals surface area contributed by atoms with Crippen molar-refractivity contribution in [2.45, 2.75) is 24.1 Å². The summed E-state index contributed by atoms with van der Waals surface area (Å²) in [7, 11) is 0. The Morgan fingerprint density at radius 3 is 1.89 bits per heavy atom. The minimum absolute atomic E-state index is 0.424. The molecule has 2 rings (SSSR count). The first-order valence-electron chi connectivity index (χ1n) is 3.58. The standard InChI is InChI=1S/C8H11Br/c1-8(9)6-2-3-7(8)5-4-6/h2-3,6-7H,4-5H2,1H3. The Labute approximate surface area is 64.5 Å². The molecular formula is C8H11Br. The Kier molecular flexibility index (Phi) is 1.08. The first-order valence-corrected chi connectivity index (χ1v) is 4.38. The first kappa shape index (κ1) is 5.96. The number of rotatable bonds is 0. The first-order chi connectivity index (χ1) is 4.21. The second-order valence-corrected chi connectivity index (χ2v) is 5.04. The van der Waals surface area contributed by atoms with Crippen molar-refractivity contribution < 1.29 is 0 Å². The molecule has 2 bridgehead atoms. The highest BCUT2D eigenvalue weighted by Gasteiger charge is 2.45. The predicted octanol–water partition coefficient (Wildman–Crippen LogP) is 2.74. The summed E-state index contributed by atoms with van der Waals surface area (Å²) in [6, 6.07) is 0. The molecule has 0 heterocycles. The van der Waals surface area contributed by atoms with Gasteiger partial charge >= 0.3 is 0 Å². The van der Waals surface area contributed by atoms with Crippen LogP contribution in [0.15, 0.2) is 12.2 Å². The van der Waals surface area contributed by atoms with E-state index >= 15 is 0 Å². The predicted molar refractivity (Wildman–Crippen MR) is 42.7 cm³/mol. The van der Waals surface area contributed by atoms with Crippen LogP contribution >= 0.6 is 15.9 Å². The minimum Gasteiger partial charge on any atom is -0.0844 e. The van der Waals surface area contributed by atoms with Gasteiger partial charge in [-0.3, -0.25) is 0 Å². The van der Waals surface area contributed by atoms with E-state index in [1.54, 1.807) is 0 Å². The summed E-state index contributed by atoms with van der Waals surface area (Å²) in [4.78, 5) is 0. The van der Waals surface area contributed by atoms with E-state index in [0.717, 1.165) is 11.8 Å². The normalized spacial score (nSPS) is 54.9. The highest BCUT2D eigenvalue weighted by atomic mass is 79.9. The Balaban J connectivity index is 2.35. The van der Waals surface area contributed by atoms with Crippen LogP contribution in [-0.4, -0.2) is 4.32 Å². The van der Waals surface area contributed by atoms with Crippen molar-refractivity contribution in [1.29, 1.82) is 0 Å². The molecule has 0 aliphatic heterocycles. The highest BCUT2D eigenvalue weighted by Crippen LogP contribution is 2.52. The molecule has 0 saturated heterocycles. The Morgan fingerprint density at radius 1 is 1.33 bits per heavy atom. The number of alkyl halides is 1. The molecule has 9 heavy (non-hydrogen) atoms. The summed E-state index contributed by atoms with van der Waals surface area (Å²) < 4.78 is 0.424. The number of hydrogen-bond acceptors (Lipinski definition) is 0. The van der Waals surface area contributed by atoms with Crippen molar-refractivity contribution in [3.63, 3.8) is 0 Å². The van der Waals surface area contributed by atoms with Gasteiger partial charge in [0, 0.05) is 4.32 Å². The third-order valence-corrected chi connectivity index (χ3v) is 3.99. The van der Waals surface area contributed by atoms with Crippen LogP contribution < -0.4 is 0 Å². The molecule has 0 N–H and O–H groups in total. The fraction of sp³-hybridized carbons (Fsp3) is 0.750. The maximum absolute atomic E-state index is 3.77. The zero-order valence-electron chi connectivity index (χ0n) is 5.60. The van der Waals surface area contributed by atoms with Gasteiger partial charge in [0.15, 0.2) is 0 Å². The molecule has 0 amide bonds. The van der Waals surface area contributed by atoms with Crippen LogP contribution in [0.4, 0.5) is 0 Å². The molecule has 0 aromatic heterocycles. The van der Waals surface area contributed by atoms with Gasteiger partial charge in [-0.2, -0.15) is 0 Å². The Morgan fingerprint density at radius 2 is 1.78 bits per heavy atom. The van der Waals surface area contributed by atoms with E-state index in [1.807, 2.05) is 0 Å². The largest absolute Gasteiger partial charge is 0.0844 e. The molecule has 2 atom stereocenters. The van der Waals surface area contributed by atoms with E-state index in [1.165, 1.54) is 12.8 Å². The van der Waals surface area contributed by atoms with Crippen LogP contribution in [0.2, 0.25) is 0 Å². The van der Waals surface area contributed by atoms with Gasteiger partial charge in [0.05, 0.1) is 0 Å². The van der Waals surface area contributed by atoms with Crippen LogP contribution in [-0.2, 0) is 0 Å². The van der Waals surface area contributed by atoms with Gasteiger partial charge in [-0.25, -0.2) is 0 Å². The van der Waals surface area contributed by atoms with E-state index in [9.17, 15) is 0 Å². The molecule has 2 aliphatic rings. The third-order valence-electron chi connectivity index (χ3n) is 2.81. The van der Waals surface area contributed by atoms with Crippen LogP contribution in [0.1, 0.15) is 19.8 Å². The van der Waals surface area contributed by atoms with Crippen molar-refractivity contribution in [3.05, 3.63) is 12.2 Å². The smallest absolute Gasteiger partial charge is 0.0354 e. The van der Waals surface area contributed by atoms with Gasteiger partial charge in [0.25, 0.3) is 0 Å². The van der Waals surface area contributed by atoms with E-state index in [2.05, 4.69) is 35.0 Å². The lowest BCUT2D eigenvalue weighted by molar-refractivity contribution is 0.543. The van der Waals surface area contributed by atoms with Crippen LogP contribution in [0.3, 0.4) is 0 Å². The van der Waals surface area contributed by atoms with E-state index in [0.29, 0.717) is 4.32 Å². The van der Waals surface area contributed by atoms with E-state index < -0.39 is 0 Å². The van der Waals surface area contributed by atoms with Gasteiger partial charge < -0.3 is 0 Å². The molecule has 1 fully saturated rings. The second-order valence-electron chi connectivity index (χ2n) is 3.33. The average Bonchev–Trinajstić information content (AvgIpc) is 2.24. The zero-order chi connectivity index (χ0) is 6.48. The van der Waals surface area contributed by atoms with Gasteiger partial charge in [0.2, 0.25) is 0 Å². The lowest BCUT2D eigenvalue weighted by Crippen LogP contribution is -2.21. The SMILES string of the molecule is CC1(Br)C2C=CC1CC2. The van der Waals surface area contributed by atoms with Crippen LogP contribution in [0.5, 0.6) is 0 Å². The minimum atomic E-state index is 0.424. The summed E-state index contributed by atoms with van der Waals surface area (Å²) in [5.41, 5.74) is 0. The number of fused-ring (bicyclic) bond motifs is 2. The van der Waals surface area contributed by atoms with Crippen molar-refractivity contribution in [2.75, 3.05) is 0 Å². The zero-order valence-corrected chi connectivity index (χ0v) is 7.19. The summed E-state index contributed by atoms with van der Waals surface area (Å²) in [6.45, 7) is 2.31. The van der Waals surface area contributed by atoms with Crippen molar-refractivity contribution >= 4 is 15.9 Å². The summed E-state index contributed by atoms with van der Waals surface area (Å²) in [5, 5.41) is 0. The monoisotopic (exact) mass is 186 g/mol. The average molecular weight is 187 g/mol. The molecule has 0 radical (unpaired) electrons.